The maximum Gasteiger partial charge on any atom is 0.341 e. The highest BCUT2D eigenvalue weighted by molar-refractivity contribution is 6.30. The summed E-state index contributed by atoms with van der Waals surface area (Å²) in [7, 11) is 1.26. The number of nitrogens with one attached hydrogen (secondary N) is 2. The van der Waals surface area contributed by atoms with E-state index < -0.39 is 5.97 Å². The topological polar surface area (TPSA) is 93.7 Å². The number of rotatable bonds is 8. The van der Waals surface area contributed by atoms with Gasteiger partial charge in [0.2, 0.25) is 5.91 Å². The third kappa shape index (κ3) is 5.96. The summed E-state index contributed by atoms with van der Waals surface area (Å²) in [5.74, 6) is -0.626. The van der Waals surface area contributed by atoms with Gasteiger partial charge < -0.3 is 20.1 Å². The molecule has 2 amide bonds. The van der Waals surface area contributed by atoms with E-state index in [0.717, 1.165) is 18.4 Å². The maximum atomic E-state index is 12.1. The second kappa shape index (κ2) is 9.43. The van der Waals surface area contributed by atoms with Crippen molar-refractivity contribution < 1.29 is 23.9 Å². The number of hydrogen-bond acceptors (Lipinski definition) is 5. The molecule has 8 heteroatoms. The summed E-state index contributed by atoms with van der Waals surface area (Å²) < 4.78 is 10.1. The number of hydrogen-bond donors (Lipinski definition) is 2. The summed E-state index contributed by atoms with van der Waals surface area (Å²) in [5.41, 5.74) is 1.72. The van der Waals surface area contributed by atoms with Crippen molar-refractivity contribution in [2.24, 2.45) is 5.92 Å². The number of methoxy groups -OCH3 is 1. The third-order valence-electron chi connectivity index (χ3n) is 4.34. The van der Waals surface area contributed by atoms with Gasteiger partial charge in [0, 0.05) is 23.2 Å². The number of halogens is 1. The van der Waals surface area contributed by atoms with Crippen molar-refractivity contribution in [2.45, 2.75) is 19.4 Å². The average molecular weight is 417 g/mol. The van der Waals surface area contributed by atoms with Gasteiger partial charge in [0.05, 0.1) is 7.11 Å². The number of carbonyl (C=O) groups excluding carboxylic acids is 3. The molecule has 0 atom stereocenters. The minimum atomic E-state index is -0.581. The Hall–Kier alpha value is -3.06. The molecule has 0 spiro atoms. The predicted molar refractivity (Wildman–Crippen MR) is 108 cm³/mol. The molecule has 7 nitrogen and oxygen atoms in total. The standard InChI is InChI=1S/C21H21ClN2O5/c1-28-21(27)17-8-7-15(22)10-18(17)29-12-19(25)23-11-13-3-2-4-16(9-13)24-20(26)14-5-6-14/h2-4,7-10,14H,5-6,11-12H2,1H3,(H,23,25)(H,24,26). The van der Waals surface area contributed by atoms with Gasteiger partial charge >= 0.3 is 5.97 Å². The number of esters is 1. The number of benzene rings is 2. The van der Waals surface area contributed by atoms with E-state index in [-0.39, 0.29) is 42.2 Å². The van der Waals surface area contributed by atoms with Crippen LogP contribution in [0.1, 0.15) is 28.8 Å². The maximum absolute atomic E-state index is 12.1. The molecule has 0 saturated heterocycles. The Kier molecular flexibility index (Phi) is 6.72. The largest absolute Gasteiger partial charge is 0.483 e. The van der Waals surface area contributed by atoms with Crippen LogP contribution in [0.4, 0.5) is 5.69 Å². The van der Waals surface area contributed by atoms with Crippen molar-refractivity contribution >= 4 is 35.1 Å². The lowest BCUT2D eigenvalue weighted by atomic mass is 10.2. The molecular weight excluding hydrogens is 396 g/mol. The molecule has 0 heterocycles. The van der Waals surface area contributed by atoms with Crippen LogP contribution in [0.2, 0.25) is 5.02 Å². The number of anilines is 1. The number of carbonyl (C=O) groups is 3. The summed E-state index contributed by atoms with van der Waals surface area (Å²) in [6.07, 6.45) is 1.87. The van der Waals surface area contributed by atoms with Crippen molar-refractivity contribution in [3.05, 3.63) is 58.6 Å². The first-order valence-electron chi connectivity index (χ1n) is 9.13. The first-order chi connectivity index (χ1) is 14.0. The van der Waals surface area contributed by atoms with Crippen LogP contribution in [0.25, 0.3) is 0 Å². The van der Waals surface area contributed by atoms with Gasteiger partial charge in [-0.25, -0.2) is 4.79 Å². The second-order valence-electron chi connectivity index (χ2n) is 6.66. The lowest BCUT2D eigenvalue weighted by Gasteiger charge is -2.11. The molecule has 152 valence electrons. The van der Waals surface area contributed by atoms with E-state index in [0.29, 0.717) is 10.7 Å². The Morgan fingerprint density at radius 1 is 1.14 bits per heavy atom. The quantitative estimate of drug-likeness (QED) is 0.644. The van der Waals surface area contributed by atoms with Crippen LogP contribution >= 0.6 is 11.6 Å². The molecule has 0 radical (unpaired) electrons. The van der Waals surface area contributed by atoms with Crippen molar-refractivity contribution in [1.82, 2.24) is 5.32 Å². The van der Waals surface area contributed by atoms with Crippen LogP contribution < -0.4 is 15.4 Å². The normalized spacial score (nSPS) is 12.8. The summed E-state index contributed by atoms with van der Waals surface area (Å²) >= 11 is 5.93. The van der Waals surface area contributed by atoms with E-state index in [1.165, 1.54) is 25.3 Å². The molecule has 1 aliphatic carbocycles. The lowest BCUT2D eigenvalue weighted by molar-refractivity contribution is -0.123. The summed E-state index contributed by atoms with van der Waals surface area (Å²) in [4.78, 5) is 35.8. The minimum Gasteiger partial charge on any atom is -0.483 e. The molecule has 2 N–H and O–H groups in total. The lowest BCUT2D eigenvalue weighted by Crippen LogP contribution is -2.28. The first kappa shape index (κ1) is 20.7. The molecule has 1 fully saturated rings. The molecule has 1 aliphatic rings. The van der Waals surface area contributed by atoms with Gasteiger partial charge in [0.1, 0.15) is 11.3 Å². The molecule has 0 aromatic heterocycles. The Bertz CT molecular complexity index is 927. The van der Waals surface area contributed by atoms with Gasteiger partial charge in [-0.2, -0.15) is 0 Å². The van der Waals surface area contributed by atoms with Gasteiger partial charge in [0.25, 0.3) is 5.91 Å². The first-order valence-corrected chi connectivity index (χ1v) is 9.51. The van der Waals surface area contributed by atoms with Gasteiger partial charge in [-0.1, -0.05) is 23.7 Å². The highest BCUT2D eigenvalue weighted by Crippen LogP contribution is 2.30. The molecule has 3 rings (SSSR count). The van der Waals surface area contributed by atoms with Gasteiger partial charge in [-0.05, 0) is 48.7 Å². The minimum absolute atomic E-state index is 0.0301. The van der Waals surface area contributed by atoms with Gasteiger partial charge in [-0.3, -0.25) is 9.59 Å². The zero-order chi connectivity index (χ0) is 20.8. The Morgan fingerprint density at radius 2 is 1.93 bits per heavy atom. The van der Waals surface area contributed by atoms with Crippen LogP contribution in [0.15, 0.2) is 42.5 Å². The fourth-order valence-corrected chi connectivity index (χ4v) is 2.80. The fourth-order valence-electron chi connectivity index (χ4n) is 2.64. The van der Waals surface area contributed by atoms with Crippen LogP contribution in [0, 0.1) is 5.92 Å². The van der Waals surface area contributed by atoms with Crippen molar-refractivity contribution in [2.75, 3.05) is 19.0 Å². The average Bonchev–Trinajstić information content (AvgIpc) is 3.56. The Labute approximate surface area is 173 Å². The predicted octanol–water partition coefficient (Wildman–Crippen LogP) is 3.17. The molecule has 2 aromatic rings. The Balaban J connectivity index is 1.52. The van der Waals surface area contributed by atoms with Crippen LogP contribution in [-0.4, -0.2) is 31.5 Å². The third-order valence-corrected chi connectivity index (χ3v) is 4.58. The SMILES string of the molecule is COC(=O)c1ccc(Cl)cc1OCC(=O)NCc1cccc(NC(=O)C2CC2)c1. The molecule has 29 heavy (non-hydrogen) atoms. The molecular formula is C21H21ClN2O5. The zero-order valence-electron chi connectivity index (χ0n) is 15.9. The molecule has 2 aromatic carbocycles. The molecule has 0 bridgehead atoms. The fraction of sp³-hybridized carbons (Fsp3) is 0.286. The smallest absolute Gasteiger partial charge is 0.341 e. The molecule has 1 saturated carbocycles. The number of amides is 2. The highest BCUT2D eigenvalue weighted by Gasteiger charge is 2.29. The number of ether oxygens (including phenoxy) is 2. The van der Waals surface area contributed by atoms with Crippen molar-refractivity contribution in [3.8, 4) is 5.75 Å². The zero-order valence-corrected chi connectivity index (χ0v) is 16.6. The summed E-state index contributed by atoms with van der Waals surface area (Å²) in [5, 5.41) is 5.98. The van der Waals surface area contributed by atoms with Crippen LogP contribution in [0.3, 0.4) is 0 Å². The molecule has 0 aliphatic heterocycles. The monoisotopic (exact) mass is 416 g/mol. The highest BCUT2D eigenvalue weighted by atomic mass is 35.5. The van der Waals surface area contributed by atoms with Crippen LogP contribution in [0.5, 0.6) is 5.75 Å². The summed E-state index contributed by atoms with van der Waals surface area (Å²) in [6, 6.07) is 11.7. The van der Waals surface area contributed by atoms with E-state index in [9.17, 15) is 14.4 Å². The Morgan fingerprint density at radius 3 is 2.66 bits per heavy atom. The van der Waals surface area contributed by atoms with Gasteiger partial charge in [-0.15, -0.1) is 0 Å². The van der Waals surface area contributed by atoms with E-state index in [2.05, 4.69) is 10.6 Å². The van der Waals surface area contributed by atoms with Crippen LogP contribution in [-0.2, 0) is 20.9 Å². The second-order valence-corrected chi connectivity index (χ2v) is 7.10. The van der Waals surface area contributed by atoms with Crippen molar-refractivity contribution in [1.29, 1.82) is 0 Å². The van der Waals surface area contributed by atoms with Crippen molar-refractivity contribution in [3.63, 3.8) is 0 Å². The van der Waals surface area contributed by atoms with E-state index in [4.69, 9.17) is 21.1 Å². The summed E-state index contributed by atoms with van der Waals surface area (Å²) in [6.45, 7) is -0.0167. The van der Waals surface area contributed by atoms with E-state index in [1.54, 1.807) is 0 Å². The van der Waals surface area contributed by atoms with E-state index in [1.807, 2.05) is 24.3 Å². The van der Waals surface area contributed by atoms with Gasteiger partial charge in [0.15, 0.2) is 6.61 Å². The molecule has 0 unspecified atom stereocenters. The van der Waals surface area contributed by atoms with E-state index >= 15 is 0 Å².